The summed E-state index contributed by atoms with van der Waals surface area (Å²) >= 11 is 1.66. The minimum absolute atomic E-state index is 0.773. The third-order valence-corrected chi connectivity index (χ3v) is 2.94. The molecule has 16 heavy (non-hydrogen) atoms. The van der Waals surface area contributed by atoms with Crippen molar-refractivity contribution in [2.24, 2.45) is 0 Å². The van der Waals surface area contributed by atoms with E-state index in [0.717, 1.165) is 22.2 Å². The summed E-state index contributed by atoms with van der Waals surface area (Å²) in [5, 5.41) is 0.980. The average Bonchev–Trinajstić information content (AvgIpc) is 2.38. The third kappa shape index (κ3) is 2.70. The Labute approximate surface area is 99.5 Å². The summed E-state index contributed by atoms with van der Waals surface area (Å²) < 4.78 is 0. The van der Waals surface area contributed by atoms with E-state index in [0.29, 0.717) is 0 Å². The number of hydrogen-bond donors (Lipinski definition) is 0. The Kier molecular flexibility index (Phi) is 3.72. The highest BCUT2D eigenvalue weighted by Gasteiger charge is 2.01. The van der Waals surface area contributed by atoms with Gasteiger partial charge in [0.25, 0.3) is 0 Å². The van der Waals surface area contributed by atoms with E-state index in [9.17, 15) is 0 Å². The molecule has 0 N–H and O–H groups in total. The molecule has 1 aromatic carbocycles. The maximum absolute atomic E-state index is 4.48. The zero-order chi connectivity index (χ0) is 11.2. The fraction of sp³-hybridized carbons (Fsp3) is 0.0769. The molecule has 0 aliphatic carbocycles. The average molecular weight is 228 g/mol. The van der Waals surface area contributed by atoms with E-state index in [1.165, 1.54) is 0 Å². The van der Waals surface area contributed by atoms with Crippen molar-refractivity contribution < 1.29 is 0 Å². The van der Waals surface area contributed by atoms with Crippen molar-refractivity contribution in [3.05, 3.63) is 55.3 Å². The van der Waals surface area contributed by atoms with Crippen LogP contribution < -0.4 is 0 Å². The van der Waals surface area contributed by atoms with Crippen LogP contribution in [0.4, 0.5) is 0 Å². The number of aromatic nitrogens is 2. The molecule has 2 nitrogen and oxygen atoms in total. The molecule has 0 radical (unpaired) electrons. The van der Waals surface area contributed by atoms with Crippen LogP contribution in [0, 0.1) is 0 Å². The SMILES string of the molecule is C=CCSc1ccnc(-c2ccccc2)n1. The van der Waals surface area contributed by atoms with Crippen LogP contribution >= 0.6 is 11.8 Å². The number of benzene rings is 1. The molecule has 0 bridgehead atoms. The van der Waals surface area contributed by atoms with Gasteiger partial charge in [-0.1, -0.05) is 36.4 Å². The number of nitrogens with zero attached hydrogens (tertiary/aromatic N) is 2. The summed E-state index contributed by atoms with van der Waals surface area (Å²) in [7, 11) is 0. The second kappa shape index (κ2) is 5.47. The first kappa shape index (κ1) is 10.9. The second-order valence-electron chi connectivity index (χ2n) is 3.18. The number of rotatable bonds is 4. The Hall–Kier alpha value is -1.61. The van der Waals surface area contributed by atoms with Gasteiger partial charge in [-0.05, 0) is 6.07 Å². The summed E-state index contributed by atoms with van der Waals surface area (Å²) in [5.74, 6) is 1.64. The molecule has 0 fully saturated rings. The molecule has 0 aliphatic heterocycles. The molecular formula is C13H12N2S. The topological polar surface area (TPSA) is 25.8 Å². The molecule has 80 valence electrons. The van der Waals surface area contributed by atoms with Gasteiger partial charge >= 0.3 is 0 Å². The van der Waals surface area contributed by atoms with Gasteiger partial charge in [-0.15, -0.1) is 18.3 Å². The summed E-state index contributed by atoms with van der Waals surface area (Å²) in [4.78, 5) is 8.75. The highest BCUT2D eigenvalue weighted by Crippen LogP contribution is 2.19. The quantitative estimate of drug-likeness (QED) is 0.455. The zero-order valence-corrected chi connectivity index (χ0v) is 9.65. The standard InChI is InChI=1S/C13H12N2S/c1-2-10-16-12-8-9-14-13(15-12)11-6-4-3-5-7-11/h2-9H,1,10H2. The van der Waals surface area contributed by atoms with Crippen LogP contribution in [0.3, 0.4) is 0 Å². The van der Waals surface area contributed by atoms with Gasteiger partial charge < -0.3 is 0 Å². The zero-order valence-electron chi connectivity index (χ0n) is 8.84. The molecule has 2 rings (SSSR count). The first-order valence-electron chi connectivity index (χ1n) is 5.02. The van der Waals surface area contributed by atoms with Crippen molar-refractivity contribution in [1.29, 1.82) is 0 Å². The predicted octanol–water partition coefficient (Wildman–Crippen LogP) is 3.42. The van der Waals surface area contributed by atoms with Gasteiger partial charge in [-0.2, -0.15) is 0 Å². The smallest absolute Gasteiger partial charge is 0.160 e. The van der Waals surface area contributed by atoms with Gasteiger partial charge in [0.05, 0.1) is 0 Å². The normalized spacial score (nSPS) is 10.0. The molecule has 0 unspecified atom stereocenters. The minimum atomic E-state index is 0.773. The first-order valence-corrected chi connectivity index (χ1v) is 6.01. The molecule has 0 saturated carbocycles. The maximum Gasteiger partial charge on any atom is 0.160 e. The molecule has 0 saturated heterocycles. The van der Waals surface area contributed by atoms with Crippen molar-refractivity contribution in [2.75, 3.05) is 5.75 Å². The van der Waals surface area contributed by atoms with E-state index >= 15 is 0 Å². The Morgan fingerprint density at radius 1 is 1.19 bits per heavy atom. The number of hydrogen-bond acceptors (Lipinski definition) is 3. The van der Waals surface area contributed by atoms with Gasteiger partial charge in [0, 0.05) is 17.5 Å². The molecule has 0 aliphatic rings. The molecule has 0 spiro atoms. The largest absolute Gasteiger partial charge is 0.237 e. The summed E-state index contributed by atoms with van der Waals surface area (Å²) in [6.45, 7) is 3.69. The Morgan fingerprint density at radius 3 is 2.75 bits per heavy atom. The summed E-state index contributed by atoms with van der Waals surface area (Å²) in [5.41, 5.74) is 1.04. The van der Waals surface area contributed by atoms with Crippen LogP contribution in [0.25, 0.3) is 11.4 Å². The van der Waals surface area contributed by atoms with Crippen LogP contribution in [-0.2, 0) is 0 Å². The van der Waals surface area contributed by atoms with E-state index in [4.69, 9.17) is 0 Å². The van der Waals surface area contributed by atoms with Gasteiger partial charge in [0.1, 0.15) is 5.03 Å². The minimum Gasteiger partial charge on any atom is -0.237 e. The van der Waals surface area contributed by atoms with Crippen LogP contribution in [-0.4, -0.2) is 15.7 Å². The molecule has 1 heterocycles. The van der Waals surface area contributed by atoms with Gasteiger partial charge in [0.2, 0.25) is 0 Å². The lowest BCUT2D eigenvalue weighted by atomic mass is 10.2. The highest BCUT2D eigenvalue weighted by molar-refractivity contribution is 7.99. The molecule has 3 heteroatoms. The van der Waals surface area contributed by atoms with Crippen molar-refractivity contribution in [1.82, 2.24) is 9.97 Å². The Morgan fingerprint density at radius 2 is 2.00 bits per heavy atom. The van der Waals surface area contributed by atoms with Gasteiger partial charge in [-0.3, -0.25) is 0 Å². The van der Waals surface area contributed by atoms with E-state index < -0.39 is 0 Å². The van der Waals surface area contributed by atoms with Gasteiger partial charge in [0.15, 0.2) is 5.82 Å². The van der Waals surface area contributed by atoms with Crippen molar-refractivity contribution in [2.45, 2.75) is 5.03 Å². The summed E-state index contributed by atoms with van der Waals surface area (Å²) in [6, 6.07) is 11.9. The van der Waals surface area contributed by atoms with Crippen LogP contribution in [0.1, 0.15) is 0 Å². The van der Waals surface area contributed by atoms with Crippen molar-refractivity contribution >= 4 is 11.8 Å². The first-order chi connectivity index (χ1) is 7.90. The molecular weight excluding hydrogens is 216 g/mol. The lowest BCUT2D eigenvalue weighted by molar-refractivity contribution is 1.06. The maximum atomic E-state index is 4.48. The molecule has 0 amide bonds. The fourth-order valence-electron chi connectivity index (χ4n) is 1.29. The van der Waals surface area contributed by atoms with Gasteiger partial charge in [-0.25, -0.2) is 9.97 Å². The third-order valence-electron chi connectivity index (χ3n) is 2.01. The monoisotopic (exact) mass is 228 g/mol. The predicted molar refractivity (Wildman–Crippen MR) is 68.4 cm³/mol. The molecule has 0 atom stereocenters. The van der Waals surface area contributed by atoms with E-state index in [2.05, 4.69) is 16.5 Å². The second-order valence-corrected chi connectivity index (χ2v) is 4.22. The fourth-order valence-corrected chi connectivity index (χ4v) is 1.89. The van der Waals surface area contributed by atoms with Crippen molar-refractivity contribution in [3.63, 3.8) is 0 Å². The van der Waals surface area contributed by atoms with Crippen LogP contribution in [0.15, 0.2) is 60.3 Å². The lowest BCUT2D eigenvalue weighted by Crippen LogP contribution is -1.90. The van der Waals surface area contributed by atoms with E-state index in [-0.39, 0.29) is 0 Å². The molecule has 1 aromatic heterocycles. The van der Waals surface area contributed by atoms with E-state index in [1.54, 1.807) is 18.0 Å². The summed E-state index contributed by atoms with van der Waals surface area (Å²) in [6.07, 6.45) is 3.66. The Balaban J connectivity index is 2.25. The Bertz CT molecular complexity index is 468. The van der Waals surface area contributed by atoms with Crippen LogP contribution in [0.5, 0.6) is 0 Å². The lowest BCUT2D eigenvalue weighted by Gasteiger charge is -2.01. The highest BCUT2D eigenvalue weighted by atomic mass is 32.2. The van der Waals surface area contributed by atoms with Crippen molar-refractivity contribution in [3.8, 4) is 11.4 Å². The van der Waals surface area contributed by atoms with Crippen LogP contribution in [0.2, 0.25) is 0 Å². The van der Waals surface area contributed by atoms with E-state index in [1.807, 2.05) is 42.5 Å². The number of thioether (sulfide) groups is 1. The molecule has 2 aromatic rings.